The van der Waals surface area contributed by atoms with E-state index in [1.54, 1.807) is 49.3 Å². The maximum absolute atomic E-state index is 12.2. The fourth-order valence-electron chi connectivity index (χ4n) is 2.11. The van der Waals surface area contributed by atoms with E-state index in [4.69, 9.17) is 4.74 Å². The van der Waals surface area contributed by atoms with Crippen LogP contribution in [0.2, 0.25) is 0 Å². The first-order valence-electron chi connectivity index (χ1n) is 7.36. The van der Waals surface area contributed by atoms with Crippen LogP contribution in [0.5, 0.6) is 5.75 Å². The van der Waals surface area contributed by atoms with E-state index in [0.717, 1.165) is 21.5 Å². The molecule has 1 amide bonds. The smallest absolute Gasteiger partial charge is 0.255 e. The Kier molecular flexibility index (Phi) is 4.86. The number of carbonyl (C=O) groups is 1. The predicted molar refractivity (Wildman–Crippen MR) is 94.7 cm³/mol. The fourth-order valence-corrected chi connectivity index (χ4v) is 2.91. The third kappa shape index (κ3) is 3.78. The van der Waals surface area contributed by atoms with Gasteiger partial charge in [0.1, 0.15) is 5.75 Å². The average molecular weight is 339 g/mol. The van der Waals surface area contributed by atoms with Gasteiger partial charge in [-0.3, -0.25) is 4.79 Å². The second-order valence-corrected chi connectivity index (χ2v) is 6.17. The van der Waals surface area contributed by atoms with Gasteiger partial charge in [-0.1, -0.05) is 11.8 Å². The molecular formula is C18H17N3O2S. The fraction of sp³-hybridized carbons (Fsp3) is 0.111. The van der Waals surface area contributed by atoms with Crippen LogP contribution < -0.4 is 10.1 Å². The average Bonchev–Trinajstić information content (AvgIpc) is 3.01. The van der Waals surface area contributed by atoms with Crippen LogP contribution in [0.1, 0.15) is 10.4 Å². The van der Waals surface area contributed by atoms with Crippen LogP contribution in [0.4, 0.5) is 5.69 Å². The number of aryl methyl sites for hydroxylation is 1. The number of benzene rings is 2. The summed E-state index contributed by atoms with van der Waals surface area (Å²) in [5.41, 5.74) is 1.34. The lowest BCUT2D eigenvalue weighted by Crippen LogP contribution is -2.11. The van der Waals surface area contributed by atoms with E-state index in [1.165, 1.54) is 0 Å². The summed E-state index contributed by atoms with van der Waals surface area (Å²) in [4.78, 5) is 17.6. The highest BCUT2D eigenvalue weighted by atomic mass is 32.2. The Bertz CT molecular complexity index is 826. The Hall–Kier alpha value is -2.73. The molecule has 0 radical (unpaired) electrons. The van der Waals surface area contributed by atoms with Crippen molar-refractivity contribution in [3.8, 4) is 5.75 Å². The van der Waals surface area contributed by atoms with Crippen molar-refractivity contribution < 1.29 is 9.53 Å². The molecule has 1 N–H and O–H groups in total. The van der Waals surface area contributed by atoms with Gasteiger partial charge >= 0.3 is 0 Å². The van der Waals surface area contributed by atoms with Crippen molar-refractivity contribution in [2.75, 3.05) is 12.4 Å². The molecule has 122 valence electrons. The highest BCUT2D eigenvalue weighted by Gasteiger charge is 2.07. The van der Waals surface area contributed by atoms with Crippen LogP contribution in [0, 0.1) is 0 Å². The van der Waals surface area contributed by atoms with Crippen molar-refractivity contribution in [3.63, 3.8) is 0 Å². The lowest BCUT2D eigenvalue weighted by atomic mass is 10.2. The molecule has 0 fully saturated rings. The summed E-state index contributed by atoms with van der Waals surface area (Å²) < 4.78 is 7.05. The Morgan fingerprint density at radius 3 is 2.42 bits per heavy atom. The van der Waals surface area contributed by atoms with E-state index < -0.39 is 0 Å². The summed E-state index contributed by atoms with van der Waals surface area (Å²) in [5.74, 6) is 0.573. The first-order valence-corrected chi connectivity index (χ1v) is 8.18. The molecule has 1 heterocycles. The third-order valence-electron chi connectivity index (χ3n) is 3.45. The molecule has 0 saturated heterocycles. The highest BCUT2D eigenvalue weighted by Crippen LogP contribution is 2.26. The molecule has 0 aliphatic carbocycles. The molecule has 0 spiro atoms. The summed E-state index contributed by atoms with van der Waals surface area (Å²) in [6.45, 7) is 0. The molecule has 0 atom stereocenters. The first-order chi connectivity index (χ1) is 11.7. The van der Waals surface area contributed by atoms with E-state index in [-0.39, 0.29) is 5.91 Å². The number of imidazole rings is 1. The minimum atomic E-state index is -0.151. The zero-order valence-corrected chi connectivity index (χ0v) is 14.2. The largest absolute Gasteiger partial charge is 0.497 e. The van der Waals surface area contributed by atoms with Gasteiger partial charge in [-0.05, 0) is 48.5 Å². The van der Waals surface area contributed by atoms with Crippen molar-refractivity contribution >= 4 is 23.4 Å². The molecule has 1 aromatic heterocycles. The normalized spacial score (nSPS) is 10.4. The number of amides is 1. The van der Waals surface area contributed by atoms with Gasteiger partial charge in [0.15, 0.2) is 5.16 Å². The molecule has 0 aliphatic heterocycles. The number of hydrogen-bond acceptors (Lipinski definition) is 4. The van der Waals surface area contributed by atoms with Crippen molar-refractivity contribution in [2.24, 2.45) is 7.05 Å². The third-order valence-corrected chi connectivity index (χ3v) is 4.53. The van der Waals surface area contributed by atoms with E-state index in [1.807, 2.05) is 42.1 Å². The molecule has 5 nitrogen and oxygen atoms in total. The van der Waals surface area contributed by atoms with Gasteiger partial charge in [0, 0.05) is 35.6 Å². The second-order valence-electron chi connectivity index (χ2n) is 5.13. The maximum atomic E-state index is 12.2. The zero-order chi connectivity index (χ0) is 16.9. The predicted octanol–water partition coefficient (Wildman–Crippen LogP) is 3.83. The van der Waals surface area contributed by atoms with Crippen LogP contribution in [-0.2, 0) is 7.05 Å². The first kappa shape index (κ1) is 16.1. The molecular weight excluding hydrogens is 322 g/mol. The van der Waals surface area contributed by atoms with Gasteiger partial charge < -0.3 is 14.6 Å². The highest BCUT2D eigenvalue weighted by molar-refractivity contribution is 7.99. The summed E-state index contributed by atoms with van der Waals surface area (Å²) in [6, 6.07) is 14.7. The Balaban J connectivity index is 1.65. The zero-order valence-electron chi connectivity index (χ0n) is 13.4. The summed E-state index contributed by atoms with van der Waals surface area (Å²) in [6.07, 6.45) is 3.68. The Morgan fingerprint density at radius 1 is 1.12 bits per heavy atom. The van der Waals surface area contributed by atoms with Crippen LogP contribution >= 0.6 is 11.8 Å². The Morgan fingerprint density at radius 2 is 1.83 bits per heavy atom. The minimum Gasteiger partial charge on any atom is -0.497 e. The van der Waals surface area contributed by atoms with Crippen LogP contribution in [-0.4, -0.2) is 22.6 Å². The quantitative estimate of drug-likeness (QED) is 0.767. The monoisotopic (exact) mass is 339 g/mol. The summed E-state index contributed by atoms with van der Waals surface area (Å²) in [5, 5.41) is 3.80. The van der Waals surface area contributed by atoms with Crippen LogP contribution in [0.3, 0.4) is 0 Å². The van der Waals surface area contributed by atoms with Gasteiger partial charge in [-0.25, -0.2) is 4.98 Å². The van der Waals surface area contributed by atoms with Gasteiger partial charge in [0.25, 0.3) is 5.91 Å². The molecule has 24 heavy (non-hydrogen) atoms. The van der Waals surface area contributed by atoms with Crippen molar-refractivity contribution in [3.05, 3.63) is 66.5 Å². The SMILES string of the molecule is COc1ccc(C(=O)Nc2ccc(Sc3nccn3C)cc2)cc1. The number of anilines is 1. The number of nitrogens with zero attached hydrogens (tertiary/aromatic N) is 2. The molecule has 0 bridgehead atoms. The second kappa shape index (κ2) is 7.23. The molecule has 3 aromatic rings. The number of ether oxygens (including phenoxy) is 1. The standard InChI is InChI=1S/C18H17N3O2S/c1-21-12-11-19-18(21)24-16-9-5-14(6-10-16)20-17(22)13-3-7-15(23-2)8-4-13/h3-12H,1-2H3,(H,20,22). The van der Waals surface area contributed by atoms with E-state index >= 15 is 0 Å². The van der Waals surface area contributed by atoms with Crippen molar-refractivity contribution in [1.29, 1.82) is 0 Å². The Labute approximate surface area is 144 Å². The molecule has 2 aromatic carbocycles. The molecule has 6 heteroatoms. The number of hydrogen-bond donors (Lipinski definition) is 1. The van der Waals surface area contributed by atoms with Crippen LogP contribution in [0.25, 0.3) is 0 Å². The van der Waals surface area contributed by atoms with Crippen molar-refractivity contribution in [1.82, 2.24) is 9.55 Å². The van der Waals surface area contributed by atoms with E-state index in [0.29, 0.717) is 5.56 Å². The van der Waals surface area contributed by atoms with Gasteiger partial charge in [0.05, 0.1) is 7.11 Å². The molecule has 0 aliphatic rings. The number of carbonyl (C=O) groups excluding carboxylic acids is 1. The van der Waals surface area contributed by atoms with E-state index in [2.05, 4.69) is 10.3 Å². The van der Waals surface area contributed by atoms with E-state index in [9.17, 15) is 4.79 Å². The van der Waals surface area contributed by atoms with Crippen LogP contribution in [0.15, 0.2) is 71.0 Å². The topological polar surface area (TPSA) is 56.1 Å². The number of aromatic nitrogens is 2. The van der Waals surface area contributed by atoms with Gasteiger partial charge in [0.2, 0.25) is 0 Å². The van der Waals surface area contributed by atoms with Gasteiger partial charge in [-0.2, -0.15) is 0 Å². The molecule has 0 saturated carbocycles. The number of nitrogens with one attached hydrogen (secondary N) is 1. The molecule has 0 unspecified atom stereocenters. The lowest BCUT2D eigenvalue weighted by Gasteiger charge is -2.07. The van der Waals surface area contributed by atoms with Crippen molar-refractivity contribution in [2.45, 2.75) is 10.1 Å². The molecule has 3 rings (SSSR count). The summed E-state index contributed by atoms with van der Waals surface area (Å²) >= 11 is 1.57. The minimum absolute atomic E-state index is 0.151. The number of methoxy groups -OCH3 is 1. The lowest BCUT2D eigenvalue weighted by molar-refractivity contribution is 0.102. The number of rotatable bonds is 5. The van der Waals surface area contributed by atoms with Gasteiger partial charge in [-0.15, -0.1) is 0 Å². The summed E-state index contributed by atoms with van der Waals surface area (Å²) in [7, 11) is 3.55. The maximum Gasteiger partial charge on any atom is 0.255 e.